The van der Waals surface area contributed by atoms with E-state index < -0.39 is 36.4 Å². The number of benzene rings is 1. The molecule has 6 bridgehead atoms. The highest BCUT2D eigenvalue weighted by Crippen LogP contribution is 2.31. The Kier molecular flexibility index (Phi) is 17.6. The van der Waals surface area contributed by atoms with Gasteiger partial charge in [-0.1, -0.05) is 11.6 Å². The summed E-state index contributed by atoms with van der Waals surface area (Å²) in [5, 5.41) is 41.1. The number of nitriles is 1. The van der Waals surface area contributed by atoms with Crippen LogP contribution in [0, 0.1) is 31.1 Å². The Morgan fingerprint density at radius 2 is 1.41 bits per heavy atom. The summed E-state index contributed by atoms with van der Waals surface area (Å²) >= 11 is 6.39. The number of pyridine rings is 2. The van der Waals surface area contributed by atoms with Crippen molar-refractivity contribution in [2.75, 3.05) is 33.9 Å². The molecule has 1 aromatic carbocycles. The van der Waals surface area contributed by atoms with Crippen LogP contribution < -0.4 is 20.9 Å². The number of aryl methyl sites for hydroxylation is 4. The molecule has 6 rings (SSSR count). The summed E-state index contributed by atoms with van der Waals surface area (Å²) in [6, 6.07) is 12.2. The van der Waals surface area contributed by atoms with Crippen molar-refractivity contribution in [3.8, 4) is 6.07 Å². The van der Waals surface area contributed by atoms with Crippen LogP contribution in [0.25, 0.3) is 0 Å². The quantitative estimate of drug-likeness (QED) is 0.106. The Hall–Kier alpha value is -6.97. The third kappa shape index (κ3) is 16.1. The van der Waals surface area contributed by atoms with Crippen molar-refractivity contribution in [1.82, 2.24) is 19.9 Å². The third-order valence-corrected chi connectivity index (χ3v) is 8.95. The van der Waals surface area contributed by atoms with Gasteiger partial charge in [-0.05, 0) is 92.5 Å². The second-order valence-electron chi connectivity index (χ2n) is 13.6. The number of anilines is 6. The van der Waals surface area contributed by atoms with Crippen LogP contribution in [0.1, 0.15) is 47.2 Å². The van der Waals surface area contributed by atoms with E-state index in [2.05, 4.69) is 46.9 Å². The first-order chi connectivity index (χ1) is 29.7. The first-order valence-corrected chi connectivity index (χ1v) is 18.5. The van der Waals surface area contributed by atoms with Gasteiger partial charge in [-0.25, -0.2) is 24.4 Å². The summed E-state index contributed by atoms with van der Waals surface area (Å²) in [5.41, 5.74) is 6.93. The monoisotopic (exact) mass is 935 g/mol. The molecule has 1 fully saturated rings. The molecule has 5 heterocycles. The molecule has 1 amide bonds. The van der Waals surface area contributed by atoms with Crippen LogP contribution in [0.2, 0.25) is 5.02 Å². The number of carboxylic acids is 3. The van der Waals surface area contributed by atoms with Crippen molar-refractivity contribution in [2.45, 2.75) is 64.5 Å². The molecule has 0 aliphatic carbocycles. The lowest BCUT2D eigenvalue weighted by Crippen LogP contribution is -2.36. The molecular formula is C38H35ClF9N9O7. The number of aliphatic carboxylic acids is 3. The van der Waals surface area contributed by atoms with Crippen LogP contribution in [-0.2, 0) is 32.0 Å². The van der Waals surface area contributed by atoms with Crippen molar-refractivity contribution in [2.24, 2.45) is 5.92 Å². The molecule has 2 aliphatic rings. The third-order valence-electron chi connectivity index (χ3n) is 8.67. The molecule has 0 saturated carbocycles. The SMILES string of the molecule is Cc1cc(C)c(C#N)c(N2CCC(CC(=O)Nc3ccc4cc3CCc3cncc(c3)Nc3ncc(Cl)c(n3)N4)CC2)n1.O=C(O)C(F)(F)F.O=C(O)C(F)(F)F.O=C(O)C(F)(F)F. The molecule has 0 radical (unpaired) electrons. The number of amides is 1. The Labute approximate surface area is 361 Å². The maximum absolute atomic E-state index is 13.3. The molecule has 0 unspecified atom stereocenters. The van der Waals surface area contributed by atoms with Gasteiger partial charge < -0.3 is 36.2 Å². The van der Waals surface area contributed by atoms with E-state index in [1.165, 1.54) is 0 Å². The number of hydrogen-bond donors (Lipinski definition) is 6. The predicted molar refractivity (Wildman–Crippen MR) is 209 cm³/mol. The number of aromatic nitrogens is 4. The minimum absolute atomic E-state index is 0.00286. The number of halogens is 10. The Bertz CT molecular complexity index is 2310. The van der Waals surface area contributed by atoms with Gasteiger partial charge in [0.15, 0.2) is 5.82 Å². The van der Waals surface area contributed by atoms with Gasteiger partial charge in [-0.15, -0.1) is 0 Å². The summed E-state index contributed by atoms with van der Waals surface area (Å²) in [4.78, 5) is 60.0. The molecule has 0 spiro atoms. The minimum Gasteiger partial charge on any atom is -0.475 e. The van der Waals surface area contributed by atoms with Gasteiger partial charge in [-0.2, -0.15) is 49.8 Å². The Balaban J connectivity index is 0.000000429. The Morgan fingerprint density at radius 3 is 1.95 bits per heavy atom. The summed E-state index contributed by atoms with van der Waals surface area (Å²) < 4.78 is 95.2. The number of nitrogens with one attached hydrogen (secondary N) is 3. The molecular weight excluding hydrogens is 901 g/mol. The average Bonchev–Trinajstić information content (AvgIpc) is 3.19. The van der Waals surface area contributed by atoms with E-state index >= 15 is 0 Å². The van der Waals surface area contributed by atoms with Gasteiger partial charge >= 0.3 is 36.4 Å². The highest BCUT2D eigenvalue weighted by Gasteiger charge is 2.39. The van der Waals surface area contributed by atoms with E-state index in [1.807, 2.05) is 50.4 Å². The van der Waals surface area contributed by atoms with Crippen LogP contribution in [0.4, 0.5) is 74.2 Å². The average molecular weight is 936 g/mol. The van der Waals surface area contributed by atoms with Gasteiger partial charge in [0.05, 0.1) is 23.6 Å². The zero-order valence-electron chi connectivity index (χ0n) is 33.1. The van der Waals surface area contributed by atoms with E-state index in [-0.39, 0.29) is 11.8 Å². The molecule has 6 N–H and O–H groups in total. The first kappa shape index (κ1) is 51.4. The van der Waals surface area contributed by atoms with Crippen molar-refractivity contribution >= 4 is 70.1 Å². The van der Waals surface area contributed by atoms with Gasteiger partial charge in [0.25, 0.3) is 0 Å². The number of carboxylic acid groups (broad SMARTS) is 3. The lowest BCUT2D eigenvalue weighted by molar-refractivity contribution is -0.193. The number of rotatable bonds is 4. The predicted octanol–water partition coefficient (Wildman–Crippen LogP) is 8.14. The van der Waals surface area contributed by atoms with E-state index in [1.54, 1.807) is 12.4 Å². The number of carbonyl (C=O) groups excluding carboxylic acids is 1. The molecule has 64 heavy (non-hydrogen) atoms. The van der Waals surface area contributed by atoms with Crippen LogP contribution in [-0.4, -0.2) is 90.7 Å². The van der Waals surface area contributed by atoms with Crippen molar-refractivity contribution < 1.29 is 74.0 Å². The van der Waals surface area contributed by atoms with Crippen molar-refractivity contribution in [3.63, 3.8) is 0 Å². The van der Waals surface area contributed by atoms with Crippen LogP contribution in [0.15, 0.2) is 48.9 Å². The number of hydrogen-bond acceptors (Lipinski definition) is 12. The van der Waals surface area contributed by atoms with E-state index in [0.29, 0.717) is 35.2 Å². The smallest absolute Gasteiger partial charge is 0.475 e. The minimum atomic E-state index is -5.08. The molecule has 3 aromatic heterocycles. The standard InChI is InChI=1S/C32H32ClN9O.3C2HF3O2/c1-19-11-20(2)37-31(26(19)15-34)42-9-7-21(8-10-42)13-29(43)40-28-6-5-24-14-23(28)4-3-22-12-25(17-35-16-22)39-32-36-18-27(33)30(38-24)41-32;3*3-2(4,5)1(6)7/h5-6,11-12,14,16-18,21H,3-4,7-10,13H2,1-2H3,(H,40,43)(H2,36,38,39,41);3*(H,6,7). The molecule has 26 heteroatoms. The zero-order valence-corrected chi connectivity index (χ0v) is 33.8. The number of piperidine rings is 1. The van der Waals surface area contributed by atoms with Gasteiger partial charge in [0.1, 0.15) is 16.9 Å². The molecule has 4 aromatic rings. The highest BCUT2D eigenvalue weighted by atomic mass is 35.5. The summed E-state index contributed by atoms with van der Waals surface area (Å²) in [5.74, 6) is -6.36. The maximum atomic E-state index is 13.3. The molecule has 1 saturated heterocycles. The van der Waals surface area contributed by atoms with Gasteiger partial charge in [0, 0.05) is 42.8 Å². The second-order valence-corrected chi connectivity index (χ2v) is 14.0. The van der Waals surface area contributed by atoms with Crippen LogP contribution in [0.5, 0.6) is 0 Å². The van der Waals surface area contributed by atoms with Crippen LogP contribution >= 0.6 is 11.6 Å². The summed E-state index contributed by atoms with van der Waals surface area (Å²) in [7, 11) is 0. The highest BCUT2D eigenvalue weighted by molar-refractivity contribution is 6.32. The zero-order chi connectivity index (χ0) is 48.2. The molecule has 16 nitrogen and oxygen atoms in total. The van der Waals surface area contributed by atoms with Crippen molar-refractivity contribution in [3.05, 3.63) is 81.9 Å². The van der Waals surface area contributed by atoms with E-state index in [4.69, 9.17) is 41.3 Å². The van der Waals surface area contributed by atoms with Gasteiger partial charge in [-0.3, -0.25) is 9.78 Å². The Morgan fingerprint density at radius 1 is 0.828 bits per heavy atom. The van der Waals surface area contributed by atoms with Crippen LogP contribution in [0.3, 0.4) is 0 Å². The van der Waals surface area contributed by atoms with Gasteiger partial charge in [0.2, 0.25) is 11.9 Å². The summed E-state index contributed by atoms with van der Waals surface area (Å²) in [6.45, 7) is 5.44. The fraction of sp³-hybridized carbons (Fsp3) is 0.342. The number of carbonyl (C=O) groups is 4. The maximum Gasteiger partial charge on any atom is 0.490 e. The molecule has 0 atom stereocenters. The fourth-order valence-corrected chi connectivity index (χ4v) is 5.89. The topological polar surface area (TPSA) is 244 Å². The normalized spacial score (nSPS) is 13.6. The lowest BCUT2D eigenvalue weighted by Gasteiger charge is -2.33. The lowest BCUT2D eigenvalue weighted by atomic mass is 9.92. The van der Waals surface area contributed by atoms with E-state index in [9.17, 15) is 49.6 Å². The summed E-state index contributed by atoms with van der Waals surface area (Å²) in [6.07, 6.45) is -6.51. The van der Waals surface area contributed by atoms with E-state index in [0.717, 1.165) is 77.6 Å². The number of fused-ring (bicyclic) bond motifs is 6. The second kappa shape index (κ2) is 21.9. The molecule has 2 aliphatic heterocycles. The van der Waals surface area contributed by atoms with Crippen molar-refractivity contribution in [1.29, 1.82) is 5.26 Å². The first-order valence-electron chi connectivity index (χ1n) is 18.1. The largest absolute Gasteiger partial charge is 0.490 e. The fourth-order valence-electron chi connectivity index (χ4n) is 5.75. The molecule has 344 valence electrons. The number of nitrogens with zero attached hydrogens (tertiary/aromatic N) is 6. The number of alkyl halides is 9.